The molecule has 0 aliphatic rings. The molecular formula is C10H18O. The van der Waals surface area contributed by atoms with Crippen molar-refractivity contribution in [3.05, 3.63) is 23.8 Å². The fourth-order valence-electron chi connectivity index (χ4n) is 0.192. The van der Waals surface area contributed by atoms with Crippen LogP contribution < -0.4 is 0 Å². The molecule has 0 atom stereocenters. The monoisotopic (exact) mass is 154 g/mol. The molecule has 0 aliphatic carbocycles. The van der Waals surface area contributed by atoms with Crippen molar-refractivity contribution >= 4 is 6.29 Å². The molecule has 0 N–H and O–H groups in total. The Morgan fingerprint density at radius 2 is 1.73 bits per heavy atom. The van der Waals surface area contributed by atoms with Gasteiger partial charge in [-0.2, -0.15) is 0 Å². The van der Waals surface area contributed by atoms with Crippen molar-refractivity contribution in [1.29, 1.82) is 0 Å². The zero-order valence-corrected chi connectivity index (χ0v) is 7.92. The molecule has 0 saturated carbocycles. The van der Waals surface area contributed by atoms with E-state index in [1.807, 2.05) is 26.0 Å². The summed E-state index contributed by atoms with van der Waals surface area (Å²) >= 11 is 0. The minimum Gasteiger partial charge on any atom is -0.303 e. The first kappa shape index (κ1) is 12.8. The smallest absolute Gasteiger partial charge is 0.123 e. The first-order valence-electron chi connectivity index (χ1n) is 3.83. The van der Waals surface area contributed by atoms with E-state index in [0.29, 0.717) is 6.42 Å². The summed E-state index contributed by atoms with van der Waals surface area (Å²) in [5.41, 5.74) is 1.38. The second-order valence-corrected chi connectivity index (χ2v) is 2.34. The fourth-order valence-corrected chi connectivity index (χ4v) is 0.192. The largest absolute Gasteiger partial charge is 0.303 e. The highest BCUT2D eigenvalue weighted by Crippen LogP contribution is 1.82. The Bertz CT molecular complexity index is 128. The maximum absolute atomic E-state index is 9.51. The van der Waals surface area contributed by atoms with E-state index < -0.39 is 0 Å². The Hall–Kier alpha value is -0.850. The molecule has 0 aromatic heterocycles. The number of allylic oxidation sites excluding steroid dienone is 4. The second-order valence-electron chi connectivity index (χ2n) is 2.34. The van der Waals surface area contributed by atoms with Gasteiger partial charge in [0.25, 0.3) is 0 Å². The van der Waals surface area contributed by atoms with Gasteiger partial charge in [-0.3, -0.25) is 0 Å². The van der Waals surface area contributed by atoms with E-state index in [-0.39, 0.29) is 0 Å². The van der Waals surface area contributed by atoms with Crippen LogP contribution in [-0.2, 0) is 4.79 Å². The lowest BCUT2D eigenvalue weighted by Crippen LogP contribution is -1.61. The Morgan fingerprint density at radius 3 is 1.82 bits per heavy atom. The van der Waals surface area contributed by atoms with Gasteiger partial charge in [0.15, 0.2) is 0 Å². The van der Waals surface area contributed by atoms with Crippen molar-refractivity contribution < 1.29 is 4.79 Å². The first-order valence-corrected chi connectivity index (χ1v) is 3.83. The molecule has 0 bridgehead atoms. The summed E-state index contributed by atoms with van der Waals surface area (Å²) in [7, 11) is 0. The molecule has 64 valence electrons. The minimum atomic E-state index is 0.552. The maximum Gasteiger partial charge on any atom is 0.123 e. The number of hydrogen-bond donors (Lipinski definition) is 0. The summed E-state index contributed by atoms with van der Waals surface area (Å²) in [5.74, 6) is 0. The van der Waals surface area contributed by atoms with Crippen LogP contribution in [-0.4, -0.2) is 6.29 Å². The Labute approximate surface area is 69.8 Å². The van der Waals surface area contributed by atoms with Crippen molar-refractivity contribution in [3.63, 3.8) is 0 Å². The van der Waals surface area contributed by atoms with E-state index in [1.54, 1.807) is 0 Å². The van der Waals surface area contributed by atoms with Crippen molar-refractivity contribution in [2.24, 2.45) is 0 Å². The lowest BCUT2D eigenvalue weighted by molar-refractivity contribution is -0.107. The summed E-state index contributed by atoms with van der Waals surface area (Å²) in [4.78, 5) is 9.51. The summed E-state index contributed by atoms with van der Waals surface area (Å²) in [6, 6.07) is 0. The molecule has 11 heavy (non-hydrogen) atoms. The predicted octanol–water partition coefficient (Wildman–Crippen LogP) is 3.12. The van der Waals surface area contributed by atoms with Crippen LogP contribution in [0.15, 0.2) is 23.8 Å². The molecule has 0 rings (SSSR count). The van der Waals surface area contributed by atoms with Gasteiger partial charge in [0.05, 0.1) is 0 Å². The molecule has 0 amide bonds. The molecule has 0 heterocycles. The zero-order chi connectivity index (χ0) is 9.11. The average molecular weight is 154 g/mol. The standard InChI is InChI=1S/C5H8O.C5H10/c1-2-3-4-5-6;1-4-5(2)3/h2-3,5H,4H2,1H3;4H,1-3H3. The molecule has 0 aromatic rings. The van der Waals surface area contributed by atoms with Crippen LogP contribution in [0.4, 0.5) is 0 Å². The van der Waals surface area contributed by atoms with Crippen LogP contribution in [0.5, 0.6) is 0 Å². The van der Waals surface area contributed by atoms with E-state index >= 15 is 0 Å². The van der Waals surface area contributed by atoms with Crippen LogP contribution >= 0.6 is 0 Å². The third kappa shape index (κ3) is 27.2. The third-order valence-corrected chi connectivity index (χ3v) is 1.05. The number of carbonyl (C=O) groups excluding carboxylic acids is 1. The summed E-state index contributed by atoms with van der Waals surface area (Å²) < 4.78 is 0. The number of aldehydes is 1. The predicted molar refractivity (Wildman–Crippen MR) is 50.6 cm³/mol. The second kappa shape index (κ2) is 11.9. The van der Waals surface area contributed by atoms with Crippen molar-refractivity contribution in [1.82, 2.24) is 0 Å². The van der Waals surface area contributed by atoms with Gasteiger partial charge >= 0.3 is 0 Å². The summed E-state index contributed by atoms with van der Waals surface area (Å²) in [6.45, 7) is 8.10. The first-order chi connectivity index (χ1) is 5.18. The summed E-state index contributed by atoms with van der Waals surface area (Å²) in [5, 5.41) is 0. The van der Waals surface area contributed by atoms with Gasteiger partial charge in [0, 0.05) is 6.42 Å². The van der Waals surface area contributed by atoms with Crippen LogP contribution in [0.2, 0.25) is 0 Å². The number of carbonyl (C=O) groups is 1. The van der Waals surface area contributed by atoms with Gasteiger partial charge in [-0.1, -0.05) is 23.8 Å². The number of rotatable bonds is 2. The highest BCUT2D eigenvalue weighted by atomic mass is 16.1. The fraction of sp³-hybridized carbons (Fsp3) is 0.500. The van der Waals surface area contributed by atoms with Crippen LogP contribution in [0.1, 0.15) is 34.1 Å². The molecule has 0 saturated heterocycles. The summed E-state index contributed by atoms with van der Waals surface area (Å²) in [6.07, 6.45) is 7.18. The third-order valence-electron chi connectivity index (χ3n) is 1.05. The Morgan fingerprint density at radius 1 is 1.27 bits per heavy atom. The van der Waals surface area contributed by atoms with E-state index in [4.69, 9.17) is 0 Å². The molecule has 0 spiro atoms. The Balaban J connectivity index is 0. The Kier molecular flexibility index (Phi) is 13.8. The molecular weight excluding hydrogens is 136 g/mol. The normalized spacial score (nSPS) is 8.36. The maximum atomic E-state index is 9.51. The van der Waals surface area contributed by atoms with Gasteiger partial charge in [-0.05, 0) is 27.7 Å². The highest BCUT2D eigenvalue weighted by molar-refractivity contribution is 5.51. The molecule has 0 fully saturated rings. The van der Waals surface area contributed by atoms with Gasteiger partial charge in [-0.25, -0.2) is 0 Å². The van der Waals surface area contributed by atoms with Crippen molar-refractivity contribution in [3.8, 4) is 0 Å². The molecule has 0 radical (unpaired) electrons. The van der Waals surface area contributed by atoms with Gasteiger partial charge < -0.3 is 4.79 Å². The van der Waals surface area contributed by atoms with E-state index in [2.05, 4.69) is 19.9 Å². The lowest BCUT2D eigenvalue weighted by Gasteiger charge is -1.74. The van der Waals surface area contributed by atoms with Crippen LogP contribution in [0.25, 0.3) is 0 Å². The van der Waals surface area contributed by atoms with Crippen LogP contribution in [0, 0.1) is 0 Å². The zero-order valence-electron chi connectivity index (χ0n) is 7.92. The SMILES string of the molecule is CC=C(C)C.CC=CCC=O. The minimum absolute atomic E-state index is 0.552. The molecule has 1 heteroatoms. The van der Waals surface area contributed by atoms with Crippen LogP contribution in [0.3, 0.4) is 0 Å². The average Bonchev–Trinajstić information content (AvgIpc) is 2.02. The van der Waals surface area contributed by atoms with Gasteiger partial charge in [-0.15, -0.1) is 0 Å². The lowest BCUT2D eigenvalue weighted by atomic mass is 10.3. The molecule has 1 nitrogen and oxygen atoms in total. The van der Waals surface area contributed by atoms with E-state index in [9.17, 15) is 4.79 Å². The molecule has 0 unspecified atom stereocenters. The van der Waals surface area contributed by atoms with Crippen molar-refractivity contribution in [2.45, 2.75) is 34.1 Å². The molecule has 0 aliphatic heterocycles. The molecule has 0 aromatic carbocycles. The van der Waals surface area contributed by atoms with Gasteiger partial charge in [0.2, 0.25) is 0 Å². The number of hydrogen-bond acceptors (Lipinski definition) is 1. The topological polar surface area (TPSA) is 17.1 Å². The van der Waals surface area contributed by atoms with E-state index in [0.717, 1.165) is 6.29 Å². The van der Waals surface area contributed by atoms with Gasteiger partial charge in [0.1, 0.15) is 6.29 Å². The highest BCUT2D eigenvalue weighted by Gasteiger charge is 1.63. The quantitative estimate of drug-likeness (QED) is 0.441. The van der Waals surface area contributed by atoms with E-state index in [1.165, 1.54) is 5.57 Å². The van der Waals surface area contributed by atoms with Crippen molar-refractivity contribution in [2.75, 3.05) is 0 Å².